The lowest BCUT2D eigenvalue weighted by Gasteiger charge is -1.84. The molecule has 1 unspecified atom stereocenters. The van der Waals surface area contributed by atoms with Crippen molar-refractivity contribution in [3.63, 3.8) is 0 Å². The van der Waals surface area contributed by atoms with Crippen LogP contribution < -0.4 is 0 Å². The van der Waals surface area contributed by atoms with Gasteiger partial charge in [0.25, 0.3) is 6.29 Å². The van der Waals surface area contributed by atoms with E-state index in [-0.39, 0.29) is 6.29 Å². The lowest BCUT2D eigenvalue weighted by atomic mass is 10.9. The fourth-order valence-electron chi connectivity index (χ4n) is 0.229. The summed E-state index contributed by atoms with van der Waals surface area (Å²) in [5.74, 6) is 0. The van der Waals surface area contributed by atoms with Crippen LogP contribution in [0.1, 0.15) is 6.92 Å². The summed E-state index contributed by atoms with van der Waals surface area (Å²) in [6.45, 7) is 2.49. The van der Waals surface area contributed by atoms with Crippen molar-refractivity contribution in [2.75, 3.05) is 6.61 Å². The molecule has 1 saturated heterocycles. The molecule has 0 aromatic carbocycles. The van der Waals surface area contributed by atoms with E-state index in [9.17, 15) is 0 Å². The van der Waals surface area contributed by atoms with Gasteiger partial charge < -0.3 is 9.57 Å². The van der Waals surface area contributed by atoms with Crippen LogP contribution in [0.4, 0.5) is 0 Å². The number of rotatable bonds is 2. The minimum atomic E-state index is -0.0452. The Morgan fingerprint density at radius 3 is 3.14 bits per heavy atom. The lowest BCUT2D eigenvalue weighted by molar-refractivity contribution is 0.0565. The van der Waals surface area contributed by atoms with E-state index < -0.39 is 0 Å². The fourth-order valence-corrected chi connectivity index (χ4v) is 0.229. The molecule has 0 radical (unpaired) electrons. The molecule has 0 spiro atoms. The summed E-state index contributed by atoms with van der Waals surface area (Å²) in [4.78, 5) is 4.65. The smallest absolute Gasteiger partial charge is 0.250 e. The van der Waals surface area contributed by atoms with Gasteiger partial charge in [0.15, 0.2) is 0 Å². The van der Waals surface area contributed by atoms with Crippen LogP contribution in [0.3, 0.4) is 0 Å². The quantitative estimate of drug-likeness (QED) is 0.286. The van der Waals surface area contributed by atoms with E-state index in [2.05, 4.69) is 14.7 Å². The molecular weight excluding hydrogens is 94.0 g/mol. The van der Waals surface area contributed by atoms with Gasteiger partial charge in [-0.15, -0.1) is 0 Å². The molecule has 0 aliphatic carbocycles. The predicted molar refractivity (Wildman–Crippen MR) is 25.0 cm³/mol. The molecule has 40 valence electrons. The average molecular weight is 101 g/mol. The van der Waals surface area contributed by atoms with Crippen molar-refractivity contribution in [1.29, 1.82) is 0 Å². The Kier molecular flexibility index (Phi) is 1.26. The van der Waals surface area contributed by atoms with Crippen LogP contribution in [0.15, 0.2) is 5.16 Å². The summed E-state index contributed by atoms with van der Waals surface area (Å²) in [5.41, 5.74) is 0. The van der Waals surface area contributed by atoms with E-state index in [1.54, 1.807) is 13.1 Å². The maximum Gasteiger partial charge on any atom is 0.250 e. The normalized spacial score (nSPS) is 28.4. The highest BCUT2D eigenvalue weighted by molar-refractivity contribution is 5.52. The second-order valence-corrected chi connectivity index (χ2v) is 1.23. The average Bonchev–Trinajstić information content (AvgIpc) is 2.42. The van der Waals surface area contributed by atoms with E-state index in [1.165, 1.54) is 0 Å². The zero-order valence-corrected chi connectivity index (χ0v) is 4.13. The van der Waals surface area contributed by atoms with Crippen LogP contribution in [0.2, 0.25) is 0 Å². The maximum absolute atomic E-state index is 4.67. The van der Waals surface area contributed by atoms with Gasteiger partial charge in [0.05, 0.1) is 0 Å². The van der Waals surface area contributed by atoms with E-state index in [0.717, 1.165) is 0 Å². The van der Waals surface area contributed by atoms with Gasteiger partial charge >= 0.3 is 0 Å². The Morgan fingerprint density at radius 2 is 2.71 bits per heavy atom. The van der Waals surface area contributed by atoms with Crippen LogP contribution in [0.5, 0.6) is 0 Å². The zero-order valence-electron chi connectivity index (χ0n) is 4.13. The number of oxime groups is 1. The number of epoxide rings is 1. The van der Waals surface area contributed by atoms with Crippen molar-refractivity contribution < 1.29 is 9.57 Å². The molecule has 1 rings (SSSR count). The summed E-state index contributed by atoms with van der Waals surface area (Å²) >= 11 is 0. The lowest BCUT2D eigenvalue weighted by Crippen LogP contribution is -1.84. The summed E-state index contributed by atoms with van der Waals surface area (Å²) < 4.78 is 4.67. The minimum Gasteiger partial charge on any atom is -0.361 e. The Labute approximate surface area is 41.9 Å². The van der Waals surface area contributed by atoms with Crippen molar-refractivity contribution in [2.45, 2.75) is 13.2 Å². The second-order valence-electron chi connectivity index (χ2n) is 1.23. The van der Waals surface area contributed by atoms with E-state index in [0.29, 0.717) is 6.61 Å². The van der Waals surface area contributed by atoms with Gasteiger partial charge in [0, 0.05) is 6.21 Å². The highest BCUT2D eigenvalue weighted by atomic mass is 16.8. The maximum atomic E-state index is 4.67. The van der Waals surface area contributed by atoms with Gasteiger partial charge in [-0.3, -0.25) is 0 Å². The van der Waals surface area contributed by atoms with Gasteiger partial charge in [-0.05, 0) is 6.92 Å². The Hall–Kier alpha value is -0.570. The first-order valence-electron chi connectivity index (χ1n) is 2.19. The Balaban J connectivity index is 1.98. The van der Waals surface area contributed by atoms with Crippen molar-refractivity contribution in [3.8, 4) is 0 Å². The summed E-state index contributed by atoms with van der Waals surface area (Å²) in [6.07, 6.45) is 1.54. The molecule has 3 nitrogen and oxygen atoms in total. The molecule has 3 heteroatoms. The third-order valence-corrected chi connectivity index (χ3v) is 0.587. The molecule has 1 heterocycles. The zero-order chi connectivity index (χ0) is 5.11. The molecule has 0 N–H and O–H groups in total. The largest absolute Gasteiger partial charge is 0.361 e. The number of hydrogen-bond acceptors (Lipinski definition) is 3. The van der Waals surface area contributed by atoms with Crippen LogP contribution >= 0.6 is 0 Å². The van der Waals surface area contributed by atoms with Crippen LogP contribution in [-0.4, -0.2) is 19.1 Å². The van der Waals surface area contributed by atoms with E-state index in [4.69, 9.17) is 0 Å². The van der Waals surface area contributed by atoms with Crippen molar-refractivity contribution in [2.24, 2.45) is 5.16 Å². The van der Waals surface area contributed by atoms with E-state index >= 15 is 0 Å². The molecule has 1 atom stereocenters. The number of ether oxygens (including phenoxy) is 1. The first kappa shape index (κ1) is 4.59. The SMILES string of the molecule is CC=NOC1CO1. The van der Waals surface area contributed by atoms with Crippen LogP contribution in [0, 0.1) is 0 Å². The highest BCUT2D eigenvalue weighted by Gasteiger charge is 2.23. The molecule has 1 aliphatic rings. The Morgan fingerprint density at radius 1 is 2.00 bits per heavy atom. The first-order chi connectivity index (χ1) is 3.43. The molecule has 0 amide bonds. The molecular formula is C4H7NO2. The topological polar surface area (TPSA) is 34.1 Å². The third-order valence-electron chi connectivity index (χ3n) is 0.587. The second kappa shape index (κ2) is 1.93. The van der Waals surface area contributed by atoms with Gasteiger partial charge in [-0.2, -0.15) is 0 Å². The highest BCUT2D eigenvalue weighted by Crippen LogP contribution is 2.09. The fraction of sp³-hybridized carbons (Fsp3) is 0.750. The number of hydrogen-bond donors (Lipinski definition) is 0. The van der Waals surface area contributed by atoms with Gasteiger partial charge in [0.1, 0.15) is 6.61 Å². The Bertz CT molecular complexity index is 77.8. The third kappa shape index (κ3) is 1.55. The molecule has 0 aromatic heterocycles. The van der Waals surface area contributed by atoms with Gasteiger partial charge in [-0.25, -0.2) is 0 Å². The number of nitrogens with zero attached hydrogens (tertiary/aromatic N) is 1. The predicted octanol–water partition coefficient (Wildman–Crippen LogP) is 0.365. The summed E-state index contributed by atoms with van der Waals surface area (Å²) in [7, 11) is 0. The molecule has 0 aromatic rings. The van der Waals surface area contributed by atoms with Crippen LogP contribution in [0.25, 0.3) is 0 Å². The van der Waals surface area contributed by atoms with Gasteiger partial charge in [0.2, 0.25) is 0 Å². The molecule has 1 fully saturated rings. The molecule has 7 heavy (non-hydrogen) atoms. The van der Waals surface area contributed by atoms with Crippen molar-refractivity contribution in [3.05, 3.63) is 0 Å². The standard InChI is InChI=1S/C4H7NO2/c1-2-5-7-4-3-6-4/h2,4H,3H2,1H3. The van der Waals surface area contributed by atoms with Crippen LogP contribution in [-0.2, 0) is 9.57 Å². The monoisotopic (exact) mass is 101 g/mol. The molecule has 0 bridgehead atoms. The van der Waals surface area contributed by atoms with Crippen molar-refractivity contribution in [1.82, 2.24) is 0 Å². The van der Waals surface area contributed by atoms with Crippen molar-refractivity contribution >= 4 is 6.21 Å². The molecule has 1 aliphatic heterocycles. The minimum absolute atomic E-state index is 0.0452. The van der Waals surface area contributed by atoms with E-state index in [1.807, 2.05) is 0 Å². The summed E-state index contributed by atoms with van der Waals surface area (Å²) in [6, 6.07) is 0. The summed E-state index contributed by atoms with van der Waals surface area (Å²) in [5, 5.41) is 3.48. The van der Waals surface area contributed by atoms with Gasteiger partial charge in [-0.1, -0.05) is 5.16 Å². The molecule has 0 saturated carbocycles. The first-order valence-corrected chi connectivity index (χ1v) is 2.19.